The Balaban J connectivity index is 1.91. The van der Waals surface area contributed by atoms with Gasteiger partial charge in [-0.2, -0.15) is 0 Å². The molecule has 1 fully saturated rings. The van der Waals surface area contributed by atoms with Crippen molar-refractivity contribution in [2.45, 2.75) is 84.7 Å². The predicted octanol–water partition coefficient (Wildman–Crippen LogP) is 5.70. The number of aryl methyl sites for hydroxylation is 2. The Morgan fingerprint density at radius 1 is 1.14 bits per heavy atom. The second-order valence-corrected chi connectivity index (χ2v) is 7.11. The highest BCUT2D eigenvalue weighted by atomic mass is 14.9. The molecule has 0 spiro atoms. The summed E-state index contributed by atoms with van der Waals surface area (Å²) in [6, 6.07) is 8.03. The summed E-state index contributed by atoms with van der Waals surface area (Å²) in [5.41, 5.74) is 4.25. The highest BCUT2D eigenvalue weighted by Gasteiger charge is 2.20. The molecule has 1 N–H and O–H groups in total. The second kappa shape index (κ2) is 7.98. The Bertz CT molecular complexity index is 437. The number of nitrogens with one attached hydrogen (secondary N) is 1. The van der Waals surface area contributed by atoms with Crippen molar-refractivity contribution in [2.24, 2.45) is 5.92 Å². The Morgan fingerprint density at radius 2 is 1.95 bits per heavy atom. The zero-order valence-electron chi connectivity index (χ0n) is 14.4. The summed E-state index contributed by atoms with van der Waals surface area (Å²) in [5.74, 6) is 0.984. The van der Waals surface area contributed by atoms with Gasteiger partial charge in [0.2, 0.25) is 0 Å². The maximum atomic E-state index is 3.90. The molecule has 1 aliphatic carbocycles. The average molecular weight is 287 g/mol. The van der Waals surface area contributed by atoms with Gasteiger partial charge in [-0.3, -0.25) is 0 Å². The van der Waals surface area contributed by atoms with Crippen LogP contribution in [0.1, 0.15) is 81.5 Å². The molecule has 118 valence electrons. The van der Waals surface area contributed by atoms with Gasteiger partial charge in [0.05, 0.1) is 0 Å². The normalized spacial score (nSPS) is 24.6. The average Bonchev–Trinajstić information content (AvgIpc) is 2.65. The summed E-state index contributed by atoms with van der Waals surface area (Å²) in [5, 5.41) is 3.90. The standard InChI is InChI=1S/C20H33N/c1-5-7-18-8-6-9-19(12-11-18)21-17(4)20-13-10-15(2)14-16(20)3/h10,13-14,17-19,21H,5-9,11-12H2,1-4H3. The van der Waals surface area contributed by atoms with Crippen molar-refractivity contribution in [1.29, 1.82) is 0 Å². The van der Waals surface area contributed by atoms with Gasteiger partial charge < -0.3 is 5.32 Å². The number of hydrogen-bond acceptors (Lipinski definition) is 1. The van der Waals surface area contributed by atoms with Crippen molar-refractivity contribution in [3.05, 3.63) is 34.9 Å². The summed E-state index contributed by atoms with van der Waals surface area (Å²) in [7, 11) is 0. The van der Waals surface area contributed by atoms with Gasteiger partial charge in [-0.15, -0.1) is 0 Å². The third-order valence-corrected chi connectivity index (χ3v) is 5.16. The molecule has 0 radical (unpaired) electrons. The van der Waals surface area contributed by atoms with Crippen LogP contribution in [0.15, 0.2) is 18.2 Å². The van der Waals surface area contributed by atoms with Crippen molar-refractivity contribution in [3.8, 4) is 0 Å². The first kappa shape index (κ1) is 16.5. The van der Waals surface area contributed by atoms with Crippen LogP contribution in [0.25, 0.3) is 0 Å². The van der Waals surface area contributed by atoms with Crippen molar-refractivity contribution >= 4 is 0 Å². The first-order chi connectivity index (χ1) is 10.1. The number of rotatable bonds is 5. The smallest absolute Gasteiger partial charge is 0.0296 e. The maximum absolute atomic E-state index is 3.90. The number of hydrogen-bond donors (Lipinski definition) is 1. The Hall–Kier alpha value is -0.820. The molecule has 1 nitrogen and oxygen atoms in total. The molecule has 0 amide bonds. The molecule has 1 aromatic carbocycles. The van der Waals surface area contributed by atoms with Crippen LogP contribution in [0.3, 0.4) is 0 Å². The van der Waals surface area contributed by atoms with Crippen molar-refractivity contribution < 1.29 is 0 Å². The van der Waals surface area contributed by atoms with Crippen LogP contribution < -0.4 is 5.32 Å². The highest BCUT2D eigenvalue weighted by Crippen LogP contribution is 2.28. The Morgan fingerprint density at radius 3 is 2.67 bits per heavy atom. The van der Waals surface area contributed by atoms with Crippen LogP contribution in [-0.2, 0) is 0 Å². The van der Waals surface area contributed by atoms with E-state index in [1.54, 1.807) is 0 Å². The van der Waals surface area contributed by atoms with Crippen LogP contribution >= 0.6 is 0 Å². The molecule has 1 aromatic rings. The fourth-order valence-corrected chi connectivity index (χ4v) is 4.00. The van der Waals surface area contributed by atoms with Crippen molar-refractivity contribution in [3.63, 3.8) is 0 Å². The monoisotopic (exact) mass is 287 g/mol. The number of benzene rings is 1. The van der Waals surface area contributed by atoms with Gasteiger partial charge >= 0.3 is 0 Å². The van der Waals surface area contributed by atoms with E-state index in [4.69, 9.17) is 0 Å². The minimum absolute atomic E-state index is 0.471. The summed E-state index contributed by atoms with van der Waals surface area (Å²) >= 11 is 0. The second-order valence-electron chi connectivity index (χ2n) is 7.11. The van der Waals surface area contributed by atoms with E-state index in [9.17, 15) is 0 Å². The van der Waals surface area contributed by atoms with E-state index in [1.807, 2.05) is 0 Å². The predicted molar refractivity (Wildman–Crippen MR) is 92.7 cm³/mol. The lowest BCUT2D eigenvalue weighted by molar-refractivity contribution is 0.392. The van der Waals surface area contributed by atoms with Crippen molar-refractivity contribution in [2.75, 3.05) is 0 Å². The lowest BCUT2D eigenvalue weighted by atomic mass is 9.95. The molecule has 21 heavy (non-hydrogen) atoms. The Labute approximate surface area is 131 Å². The van der Waals surface area contributed by atoms with Gasteiger partial charge in [-0.05, 0) is 57.1 Å². The molecular formula is C20H33N. The van der Waals surface area contributed by atoms with Crippen LogP contribution in [0, 0.1) is 19.8 Å². The first-order valence-electron chi connectivity index (χ1n) is 8.93. The zero-order valence-corrected chi connectivity index (χ0v) is 14.4. The molecule has 0 aromatic heterocycles. The molecule has 1 heteroatoms. The summed E-state index contributed by atoms with van der Waals surface area (Å²) in [4.78, 5) is 0. The van der Waals surface area contributed by atoms with Gasteiger partial charge in [-0.25, -0.2) is 0 Å². The van der Waals surface area contributed by atoms with E-state index in [1.165, 1.54) is 61.6 Å². The molecule has 0 aliphatic heterocycles. The zero-order chi connectivity index (χ0) is 15.2. The SMILES string of the molecule is CCCC1CCCC(NC(C)c2ccc(C)cc2C)CC1. The molecular weight excluding hydrogens is 254 g/mol. The van der Waals surface area contributed by atoms with E-state index < -0.39 is 0 Å². The van der Waals surface area contributed by atoms with E-state index in [-0.39, 0.29) is 0 Å². The summed E-state index contributed by atoms with van der Waals surface area (Å²) in [6.07, 6.45) is 9.77. The third-order valence-electron chi connectivity index (χ3n) is 5.16. The molecule has 0 bridgehead atoms. The molecule has 0 saturated heterocycles. The van der Waals surface area contributed by atoms with E-state index in [2.05, 4.69) is 51.2 Å². The minimum Gasteiger partial charge on any atom is -0.307 e. The third kappa shape index (κ3) is 4.85. The minimum atomic E-state index is 0.471. The molecule has 3 unspecified atom stereocenters. The van der Waals surface area contributed by atoms with E-state index in [0.29, 0.717) is 12.1 Å². The molecule has 0 heterocycles. The summed E-state index contributed by atoms with van der Waals surface area (Å²) in [6.45, 7) is 9.06. The van der Waals surface area contributed by atoms with Crippen LogP contribution in [-0.4, -0.2) is 6.04 Å². The highest BCUT2D eigenvalue weighted by molar-refractivity contribution is 5.32. The van der Waals surface area contributed by atoms with Gasteiger partial charge in [0.1, 0.15) is 0 Å². The van der Waals surface area contributed by atoms with Crippen molar-refractivity contribution in [1.82, 2.24) is 5.32 Å². The maximum Gasteiger partial charge on any atom is 0.0296 e. The lowest BCUT2D eigenvalue weighted by Crippen LogP contribution is -2.31. The van der Waals surface area contributed by atoms with Gasteiger partial charge in [0, 0.05) is 12.1 Å². The Kier molecular flexibility index (Phi) is 6.29. The van der Waals surface area contributed by atoms with Crippen LogP contribution in [0.5, 0.6) is 0 Å². The molecule has 1 saturated carbocycles. The quantitative estimate of drug-likeness (QED) is 0.685. The fraction of sp³-hybridized carbons (Fsp3) is 0.700. The van der Waals surface area contributed by atoms with E-state index in [0.717, 1.165) is 5.92 Å². The fourth-order valence-electron chi connectivity index (χ4n) is 4.00. The topological polar surface area (TPSA) is 12.0 Å². The first-order valence-corrected chi connectivity index (χ1v) is 8.93. The molecule has 1 aliphatic rings. The van der Waals surface area contributed by atoms with Crippen LogP contribution in [0.2, 0.25) is 0 Å². The lowest BCUT2D eigenvalue weighted by Gasteiger charge is -2.24. The molecule has 3 atom stereocenters. The largest absolute Gasteiger partial charge is 0.307 e. The van der Waals surface area contributed by atoms with Crippen LogP contribution in [0.4, 0.5) is 0 Å². The van der Waals surface area contributed by atoms with Gasteiger partial charge in [-0.1, -0.05) is 56.4 Å². The van der Waals surface area contributed by atoms with Gasteiger partial charge in [0.25, 0.3) is 0 Å². The molecule has 2 rings (SSSR count). The van der Waals surface area contributed by atoms with E-state index >= 15 is 0 Å². The summed E-state index contributed by atoms with van der Waals surface area (Å²) < 4.78 is 0. The van der Waals surface area contributed by atoms with Gasteiger partial charge in [0.15, 0.2) is 0 Å².